The summed E-state index contributed by atoms with van der Waals surface area (Å²) in [6.45, 7) is 2.55. The highest BCUT2D eigenvalue weighted by atomic mass is 32.2. The number of aromatic nitrogens is 2. The predicted octanol–water partition coefficient (Wildman–Crippen LogP) is 1.55. The molecular formula is C13H18N4O2S. The number of rotatable bonds is 5. The van der Waals surface area contributed by atoms with Gasteiger partial charge in [0.15, 0.2) is 10.8 Å². The van der Waals surface area contributed by atoms with Gasteiger partial charge in [0, 0.05) is 25.8 Å². The summed E-state index contributed by atoms with van der Waals surface area (Å²) in [5.74, 6) is 0.422. The molecule has 0 saturated heterocycles. The molecule has 0 radical (unpaired) electrons. The number of anilines is 1. The normalized spacial score (nSPS) is 15.9. The van der Waals surface area contributed by atoms with Crippen LogP contribution in [0.1, 0.15) is 19.8 Å². The zero-order valence-electron chi connectivity index (χ0n) is 11.6. The first-order valence-corrected chi connectivity index (χ1v) is 8.18. The lowest BCUT2D eigenvalue weighted by Gasteiger charge is -2.17. The van der Waals surface area contributed by atoms with E-state index in [1.54, 1.807) is 29.8 Å². The molecule has 0 amide bonds. The summed E-state index contributed by atoms with van der Waals surface area (Å²) >= 11 is 0. The van der Waals surface area contributed by atoms with Gasteiger partial charge in [-0.05, 0) is 31.9 Å². The number of imidazole rings is 1. The minimum absolute atomic E-state index is 0.128. The van der Waals surface area contributed by atoms with Gasteiger partial charge in [-0.2, -0.15) is 4.31 Å². The number of hydrogen-bond acceptors (Lipinski definition) is 4. The van der Waals surface area contributed by atoms with Crippen LogP contribution < -0.4 is 5.32 Å². The molecule has 1 N–H and O–H groups in total. The van der Waals surface area contributed by atoms with Crippen LogP contribution in [0.4, 0.5) is 5.82 Å². The first kappa shape index (κ1) is 13.4. The number of hydrogen-bond donors (Lipinski definition) is 1. The van der Waals surface area contributed by atoms with Gasteiger partial charge in [-0.1, -0.05) is 6.07 Å². The van der Waals surface area contributed by atoms with Crippen molar-refractivity contribution in [3.05, 3.63) is 24.4 Å². The van der Waals surface area contributed by atoms with Crippen molar-refractivity contribution in [3.8, 4) is 0 Å². The third-order valence-electron chi connectivity index (χ3n) is 3.51. The Hall–Kier alpha value is -1.60. The largest absolute Gasteiger partial charge is 0.368 e. The first-order valence-electron chi connectivity index (χ1n) is 6.74. The molecule has 2 aromatic heterocycles. The lowest BCUT2D eigenvalue weighted by molar-refractivity contribution is 0.461. The Balaban J connectivity index is 2.19. The molecule has 0 unspecified atom stereocenters. The molecule has 20 heavy (non-hydrogen) atoms. The van der Waals surface area contributed by atoms with Crippen LogP contribution in [0.15, 0.2) is 29.4 Å². The molecule has 1 saturated carbocycles. The molecule has 0 aliphatic heterocycles. The maximum absolute atomic E-state index is 12.8. The van der Waals surface area contributed by atoms with E-state index in [4.69, 9.17) is 0 Å². The third kappa shape index (κ3) is 2.06. The molecule has 0 aromatic carbocycles. The highest BCUT2D eigenvalue weighted by Gasteiger charge is 2.38. The SMILES string of the molecule is CCNc1nc2ccccn2c1S(=O)(=O)N(C)C1CC1. The van der Waals surface area contributed by atoms with Crippen molar-refractivity contribution >= 4 is 21.5 Å². The molecule has 0 bridgehead atoms. The van der Waals surface area contributed by atoms with Gasteiger partial charge in [0.1, 0.15) is 5.65 Å². The van der Waals surface area contributed by atoms with Gasteiger partial charge in [0.25, 0.3) is 10.0 Å². The van der Waals surface area contributed by atoms with Crippen molar-refractivity contribution in [3.63, 3.8) is 0 Å². The first-order chi connectivity index (χ1) is 9.55. The smallest absolute Gasteiger partial charge is 0.262 e. The van der Waals surface area contributed by atoms with Gasteiger partial charge in [0.2, 0.25) is 0 Å². The van der Waals surface area contributed by atoms with E-state index in [2.05, 4.69) is 10.3 Å². The second-order valence-corrected chi connectivity index (χ2v) is 6.89. The van der Waals surface area contributed by atoms with Crippen LogP contribution >= 0.6 is 0 Å². The summed E-state index contributed by atoms with van der Waals surface area (Å²) in [4.78, 5) is 4.38. The molecule has 7 heteroatoms. The lowest BCUT2D eigenvalue weighted by Crippen LogP contribution is -2.30. The summed E-state index contributed by atoms with van der Waals surface area (Å²) in [6.07, 6.45) is 3.60. The van der Waals surface area contributed by atoms with E-state index in [1.807, 2.05) is 13.0 Å². The van der Waals surface area contributed by atoms with E-state index < -0.39 is 10.0 Å². The van der Waals surface area contributed by atoms with Crippen molar-refractivity contribution in [1.29, 1.82) is 0 Å². The molecule has 0 spiro atoms. The summed E-state index contributed by atoms with van der Waals surface area (Å²) in [5.41, 5.74) is 0.631. The fraction of sp³-hybridized carbons (Fsp3) is 0.462. The van der Waals surface area contributed by atoms with Crippen molar-refractivity contribution in [1.82, 2.24) is 13.7 Å². The second-order valence-electron chi connectivity index (χ2n) is 4.98. The van der Waals surface area contributed by atoms with Gasteiger partial charge >= 0.3 is 0 Å². The summed E-state index contributed by atoms with van der Waals surface area (Å²) in [6, 6.07) is 5.58. The lowest BCUT2D eigenvalue weighted by atomic mass is 10.5. The number of nitrogens with zero attached hydrogens (tertiary/aromatic N) is 3. The zero-order chi connectivity index (χ0) is 14.3. The fourth-order valence-electron chi connectivity index (χ4n) is 2.27. The van der Waals surface area contributed by atoms with Crippen LogP contribution in [0.3, 0.4) is 0 Å². The Kier molecular flexibility index (Phi) is 3.18. The van der Waals surface area contributed by atoms with Gasteiger partial charge in [-0.3, -0.25) is 4.40 Å². The van der Waals surface area contributed by atoms with E-state index in [0.717, 1.165) is 12.8 Å². The van der Waals surface area contributed by atoms with Crippen molar-refractivity contribution < 1.29 is 8.42 Å². The molecular weight excluding hydrogens is 276 g/mol. The van der Waals surface area contributed by atoms with Crippen LogP contribution in [0.2, 0.25) is 0 Å². The second kappa shape index (κ2) is 4.75. The molecule has 1 aliphatic rings. The van der Waals surface area contributed by atoms with Crippen molar-refractivity contribution in [2.24, 2.45) is 0 Å². The maximum atomic E-state index is 12.8. The van der Waals surface area contributed by atoms with E-state index in [-0.39, 0.29) is 11.1 Å². The van der Waals surface area contributed by atoms with Gasteiger partial charge in [-0.15, -0.1) is 0 Å². The van der Waals surface area contributed by atoms with Crippen LogP contribution in [0.5, 0.6) is 0 Å². The Morgan fingerprint density at radius 1 is 1.45 bits per heavy atom. The van der Waals surface area contributed by atoms with Crippen molar-refractivity contribution in [2.45, 2.75) is 30.8 Å². The fourth-order valence-corrected chi connectivity index (χ4v) is 3.91. The Labute approximate surface area is 118 Å². The monoisotopic (exact) mass is 294 g/mol. The summed E-state index contributed by atoms with van der Waals surface area (Å²) in [5, 5.41) is 3.27. The topological polar surface area (TPSA) is 66.7 Å². The molecule has 6 nitrogen and oxygen atoms in total. The quantitative estimate of drug-likeness (QED) is 0.908. The average molecular weight is 294 g/mol. The minimum Gasteiger partial charge on any atom is -0.368 e. The highest BCUT2D eigenvalue weighted by Crippen LogP contribution is 2.33. The predicted molar refractivity (Wildman–Crippen MR) is 77.3 cm³/mol. The summed E-state index contributed by atoms with van der Waals surface area (Å²) < 4.78 is 28.7. The van der Waals surface area contributed by atoms with Gasteiger partial charge < -0.3 is 5.32 Å². The summed E-state index contributed by atoms with van der Waals surface area (Å²) in [7, 11) is -1.90. The van der Waals surface area contributed by atoms with E-state index >= 15 is 0 Å². The minimum atomic E-state index is -3.54. The zero-order valence-corrected chi connectivity index (χ0v) is 12.4. The van der Waals surface area contributed by atoms with E-state index in [0.29, 0.717) is 18.0 Å². The van der Waals surface area contributed by atoms with Crippen LogP contribution in [-0.2, 0) is 10.0 Å². The Bertz CT molecular complexity index is 734. The van der Waals surface area contributed by atoms with Gasteiger partial charge in [0.05, 0.1) is 0 Å². The highest BCUT2D eigenvalue weighted by molar-refractivity contribution is 7.89. The number of nitrogens with one attached hydrogen (secondary N) is 1. The van der Waals surface area contributed by atoms with Gasteiger partial charge in [-0.25, -0.2) is 13.4 Å². The van der Waals surface area contributed by atoms with Crippen molar-refractivity contribution in [2.75, 3.05) is 18.9 Å². The van der Waals surface area contributed by atoms with Crippen LogP contribution in [-0.4, -0.2) is 41.7 Å². The molecule has 108 valence electrons. The third-order valence-corrected chi connectivity index (χ3v) is 5.45. The van der Waals surface area contributed by atoms with Crippen LogP contribution in [0.25, 0.3) is 5.65 Å². The molecule has 1 fully saturated rings. The molecule has 2 aromatic rings. The molecule has 2 heterocycles. The van der Waals surface area contributed by atoms with Crippen LogP contribution in [0, 0.1) is 0 Å². The Morgan fingerprint density at radius 2 is 2.20 bits per heavy atom. The average Bonchev–Trinajstić information content (AvgIpc) is 3.19. The number of sulfonamides is 1. The number of fused-ring (bicyclic) bond motifs is 1. The number of pyridine rings is 1. The molecule has 3 rings (SSSR count). The van der Waals surface area contributed by atoms with E-state index in [1.165, 1.54) is 4.31 Å². The standard InChI is InChI=1S/C13H18N4O2S/c1-3-14-12-13(17-9-5-4-6-11(17)15-12)20(18,19)16(2)10-7-8-10/h4-6,9-10,14H,3,7-8H2,1-2H3. The molecule has 1 aliphatic carbocycles. The Morgan fingerprint density at radius 3 is 2.85 bits per heavy atom. The van der Waals surface area contributed by atoms with E-state index in [9.17, 15) is 8.42 Å². The molecule has 0 atom stereocenters. The maximum Gasteiger partial charge on any atom is 0.262 e.